The van der Waals surface area contributed by atoms with Crippen LogP contribution < -0.4 is 0 Å². The van der Waals surface area contributed by atoms with Crippen molar-refractivity contribution in [1.29, 1.82) is 0 Å². The molecule has 0 radical (unpaired) electrons. The Labute approximate surface area is 121 Å². The Kier molecular flexibility index (Phi) is 4.61. The van der Waals surface area contributed by atoms with Crippen LogP contribution in [0.5, 0.6) is 0 Å². The third kappa shape index (κ3) is 3.94. The van der Waals surface area contributed by atoms with Gasteiger partial charge >= 0.3 is 0 Å². The number of likely N-dealkylation sites (N-methyl/N-ethyl adjacent to an activating group) is 1. The third-order valence-corrected chi connectivity index (χ3v) is 3.78. The fraction of sp³-hybridized carbons (Fsp3) is 0.471. The van der Waals surface area contributed by atoms with Gasteiger partial charge in [0.1, 0.15) is 0 Å². The average molecular weight is 273 g/mol. The van der Waals surface area contributed by atoms with Crippen LogP contribution in [0.25, 0.3) is 6.08 Å². The van der Waals surface area contributed by atoms with Gasteiger partial charge in [-0.3, -0.25) is 4.79 Å². The standard InChI is InChI=1S/C17H23NO2/c1-17(2)13-15(11-12-20-17)18(3)16(19)10-9-14-7-5-4-6-8-14/h4-10,15H,11-13H2,1-3H3/b10-9+. The van der Waals surface area contributed by atoms with Crippen LogP contribution in [0.15, 0.2) is 36.4 Å². The van der Waals surface area contributed by atoms with Crippen LogP contribution in [0.1, 0.15) is 32.3 Å². The van der Waals surface area contributed by atoms with Crippen molar-refractivity contribution < 1.29 is 9.53 Å². The van der Waals surface area contributed by atoms with E-state index in [-0.39, 0.29) is 17.6 Å². The van der Waals surface area contributed by atoms with Crippen molar-refractivity contribution in [2.45, 2.75) is 38.3 Å². The fourth-order valence-electron chi connectivity index (χ4n) is 2.56. The van der Waals surface area contributed by atoms with Crippen LogP contribution >= 0.6 is 0 Å². The third-order valence-electron chi connectivity index (χ3n) is 3.78. The Balaban J connectivity index is 1.97. The molecule has 3 heteroatoms. The summed E-state index contributed by atoms with van der Waals surface area (Å²) in [5, 5.41) is 0. The number of benzene rings is 1. The topological polar surface area (TPSA) is 29.5 Å². The minimum absolute atomic E-state index is 0.0524. The smallest absolute Gasteiger partial charge is 0.246 e. The molecule has 1 aliphatic rings. The fourth-order valence-corrected chi connectivity index (χ4v) is 2.56. The van der Waals surface area contributed by atoms with Gasteiger partial charge in [0.05, 0.1) is 5.60 Å². The molecule has 1 saturated heterocycles. The summed E-state index contributed by atoms with van der Waals surface area (Å²) in [7, 11) is 1.88. The zero-order valence-electron chi connectivity index (χ0n) is 12.5. The molecule has 3 nitrogen and oxygen atoms in total. The van der Waals surface area contributed by atoms with Gasteiger partial charge in [0.15, 0.2) is 0 Å². The van der Waals surface area contributed by atoms with E-state index in [0.717, 1.165) is 25.0 Å². The van der Waals surface area contributed by atoms with Crippen molar-refractivity contribution in [3.05, 3.63) is 42.0 Å². The lowest BCUT2D eigenvalue weighted by Crippen LogP contribution is -2.46. The lowest BCUT2D eigenvalue weighted by molar-refractivity contribution is -0.132. The first-order valence-electron chi connectivity index (χ1n) is 7.12. The molecule has 1 amide bonds. The first-order valence-corrected chi connectivity index (χ1v) is 7.12. The second-order valence-electron chi connectivity index (χ2n) is 5.95. The Morgan fingerprint density at radius 1 is 1.35 bits per heavy atom. The van der Waals surface area contributed by atoms with E-state index in [9.17, 15) is 4.79 Å². The molecule has 0 aliphatic carbocycles. The maximum atomic E-state index is 12.2. The van der Waals surface area contributed by atoms with Gasteiger partial charge < -0.3 is 9.64 Å². The van der Waals surface area contributed by atoms with E-state index in [2.05, 4.69) is 13.8 Å². The van der Waals surface area contributed by atoms with E-state index in [0.29, 0.717) is 0 Å². The highest BCUT2D eigenvalue weighted by Gasteiger charge is 2.32. The zero-order valence-corrected chi connectivity index (χ0v) is 12.5. The molecule has 0 spiro atoms. The second-order valence-corrected chi connectivity index (χ2v) is 5.95. The van der Waals surface area contributed by atoms with Crippen LogP contribution in [-0.2, 0) is 9.53 Å². The normalized spacial score (nSPS) is 21.9. The van der Waals surface area contributed by atoms with Gasteiger partial charge in [-0.1, -0.05) is 30.3 Å². The highest BCUT2D eigenvalue weighted by molar-refractivity contribution is 5.91. The van der Waals surface area contributed by atoms with E-state index in [1.165, 1.54) is 0 Å². The summed E-state index contributed by atoms with van der Waals surface area (Å²) in [5.41, 5.74) is 0.905. The molecule has 108 valence electrons. The summed E-state index contributed by atoms with van der Waals surface area (Å²) < 4.78 is 5.70. The number of ether oxygens (including phenoxy) is 1. The van der Waals surface area contributed by atoms with E-state index < -0.39 is 0 Å². The Morgan fingerprint density at radius 2 is 2.05 bits per heavy atom. The molecule has 1 aliphatic heterocycles. The highest BCUT2D eigenvalue weighted by atomic mass is 16.5. The van der Waals surface area contributed by atoms with Crippen LogP contribution in [0, 0.1) is 0 Å². The molecule has 0 aromatic heterocycles. The molecule has 1 unspecified atom stereocenters. The molecule has 0 bridgehead atoms. The largest absolute Gasteiger partial charge is 0.375 e. The average Bonchev–Trinajstić information content (AvgIpc) is 2.44. The van der Waals surface area contributed by atoms with Crippen LogP contribution in [-0.4, -0.2) is 36.1 Å². The Hall–Kier alpha value is -1.61. The lowest BCUT2D eigenvalue weighted by Gasteiger charge is -2.39. The van der Waals surface area contributed by atoms with Gasteiger partial charge in [0.25, 0.3) is 0 Å². The van der Waals surface area contributed by atoms with E-state index >= 15 is 0 Å². The monoisotopic (exact) mass is 273 g/mol. The van der Waals surface area contributed by atoms with Crippen molar-refractivity contribution in [3.8, 4) is 0 Å². The Bertz CT molecular complexity index is 479. The summed E-state index contributed by atoms with van der Waals surface area (Å²) in [4.78, 5) is 14.1. The minimum Gasteiger partial charge on any atom is -0.375 e. The van der Waals surface area contributed by atoms with Gasteiger partial charge in [0, 0.05) is 25.8 Å². The summed E-state index contributed by atoms with van der Waals surface area (Å²) in [5.74, 6) is 0.0524. The van der Waals surface area contributed by atoms with E-state index in [1.807, 2.05) is 48.4 Å². The zero-order chi connectivity index (χ0) is 14.6. The SMILES string of the molecule is CN(C(=O)/C=C/c1ccccc1)C1CCOC(C)(C)C1. The molecule has 1 aromatic rings. The van der Waals surface area contributed by atoms with Gasteiger partial charge in [0.2, 0.25) is 5.91 Å². The number of amides is 1. The van der Waals surface area contributed by atoms with Crippen molar-refractivity contribution in [2.24, 2.45) is 0 Å². The molecule has 1 fully saturated rings. The summed E-state index contributed by atoms with van der Waals surface area (Å²) in [6.07, 6.45) is 5.31. The molecule has 0 saturated carbocycles. The predicted molar refractivity (Wildman–Crippen MR) is 81.3 cm³/mol. The van der Waals surface area contributed by atoms with Crippen LogP contribution in [0.2, 0.25) is 0 Å². The number of hydrogen-bond acceptors (Lipinski definition) is 2. The number of carbonyl (C=O) groups excluding carboxylic acids is 1. The lowest BCUT2D eigenvalue weighted by atomic mass is 9.93. The van der Waals surface area contributed by atoms with Crippen molar-refractivity contribution in [3.63, 3.8) is 0 Å². The quantitative estimate of drug-likeness (QED) is 0.792. The number of nitrogens with zero attached hydrogens (tertiary/aromatic N) is 1. The first-order chi connectivity index (χ1) is 9.48. The van der Waals surface area contributed by atoms with Crippen molar-refractivity contribution in [2.75, 3.05) is 13.7 Å². The molecule has 1 heterocycles. The summed E-state index contributed by atoms with van der Waals surface area (Å²) in [6, 6.07) is 10.1. The molecular weight excluding hydrogens is 250 g/mol. The van der Waals surface area contributed by atoms with E-state index in [1.54, 1.807) is 6.08 Å². The maximum Gasteiger partial charge on any atom is 0.246 e. The Morgan fingerprint density at radius 3 is 2.70 bits per heavy atom. The number of rotatable bonds is 3. The van der Waals surface area contributed by atoms with Crippen LogP contribution in [0.4, 0.5) is 0 Å². The van der Waals surface area contributed by atoms with Crippen LogP contribution in [0.3, 0.4) is 0 Å². The van der Waals surface area contributed by atoms with Crippen molar-refractivity contribution in [1.82, 2.24) is 4.90 Å². The molecule has 1 aromatic carbocycles. The van der Waals surface area contributed by atoms with E-state index in [4.69, 9.17) is 4.74 Å². The minimum atomic E-state index is -0.138. The second kappa shape index (κ2) is 6.23. The number of carbonyl (C=O) groups is 1. The first kappa shape index (κ1) is 14.8. The van der Waals surface area contributed by atoms with Gasteiger partial charge in [-0.15, -0.1) is 0 Å². The molecule has 20 heavy (non-hydrogen) atoms. The predicted octanol–water partition coefficient (Wildman–Crippen LogP) is 3.12. The molecular formula is C17H23NO2. The molecule has 1 atom stereocenters. The van der Waals surface area contributed by atoms with Crippen molar-refractivity contribution >= 4 is 12.0 Å². The van der Waals surface area contributed by atoms with Gasteiger partial charge in [-0.2, -0.15) is 0 Å². The molecule has 0 N–H and O–H groups in total. The maximum absolute atomic E-state index is 12.2. The van der Waals surface area contributed by atoms with Gasteiger partial charge in [-0.05, 0) is 38.3 Å². The molecule has 2 rings (SSSR count). The summed E-state index contributed by atoms with van der Waals surface area (Å²) in [6.45, 7) is 4.88. The number of hydrogen-bond donors (Lipinski definition) is 0. The summed E-state index contributed by atoms with van der Waals surface area (Å²) >= 11 is 0. The highest BCUT2D eigenvalue weighted by Crippen LogP contribution is 2.26. The van der Waals surface area contributed by atoms with Gasteiger partial charge in [-0.25, -0.2) is 0 Å².